The number of nitrogens with zero attached hydrogens (tertiary/aromatic N) is 1. The first-order chi connectivity index (χ1) is 8.36. The molecule has 1 heterocycles. The van der Waals surface area contributed by atoms with Gasteiger partial charge in [0.05, 0.1) is 0 Å². The van der Waals surface area contributed by atoms with Crippen molar-refractivity contribution in [3.63, 3.8) is 0 Å². The van der Waals surface area contributed by atoms with Gasteiger partial charge in [0.1, 0.15) is 0 Å². The van der Waals surface area contributed by atoms with Gasteiger partial charge in [0.25, 0.3) is 0 Å². The van der Waals surface area contributed by atoms with E-state index < -0.39 is 0 Å². The molecule has 3 aliphatic rings. The minimum absolute atomic E-state index is 0.846. The Morgan fingerprint density at radius 1 is 1.12 bits per heavy atom. The summed E-state index contributed by atoms with van der Waals surface area (Å²) in [6.07, 6.45) is 11.6. The predicted molar refractivity (Wildman–Crippen MR) is 73.5 cm³/mol. The highest BCUT2D eigenvalue weighted by molar-refractivity contribution is 6.17. The lowest BCUT2D eigenvalue weighted by molar-refractivity contribution is 0.171. The molecule has 1 saturated heterocycles. The van der Waals surface area contributed by atoms with Crippen molar-refractivity contribution in [3.05, 3.63) is 0 Å². The molecule has 0 N–H and O–H groups in total. The standard InChI is InChI=1S/C15H26ClN/c16-7-1-3-15-4-2-8-17(15)11-14-10-12-5-6-13(14)9-12/h12-15H,1-11H2. The van der Waals surface area contributed by atoms with Crippen LogP contribution in [0.15, 0.2) is 0 Å². The molecule has 2 bridgehead atoms. The molecule has 0 amide bonds. The van der Waals surface area contributed by atoms with Gasteiger partial charge in [0.2, 0.25) is 0 Å². The zero-order chi connectivity index (χ0) is 11.7. The number of rotatable bonds is 5. The van der Waals surface area contributed by atoms with Gasteiger partial charge < -0.3 is 4.90 Å². The molecule has 0 aromatic rings. The number of fused-ring (bicyclic) bond motifs is 2. The van der Waals surface area contributed by atoms with Crippen molar-refractivity contribution >= 4 is 11.6 Å². The van der Waals surface area contributed by atoms with Crippen LogP contribution in [-0.2, 0) is 0 Å². The van der Waals surface area contributed by atoms with Crippen molar-refractivity contribution in [1.82, 2.24) is 4.90 Å². The summed E-state index contributed by atoms with van der Waals surface area (Å²) in [5.41, 5.74) is 0. The van der Waals surface area contributed by atoms with Crippen LogP contribution >= 0.6 is 11.6 Å². The second-order valence-corrected chi connectivity index (χ2v) is 6.94. The average Bonchev–Trinajstić information content (AvgIpc) is 3.02. The van der Waals surface area contributed by atoms with E-state index in [4.69, 9.17) is 11.6 Å². The maximum Gasteiger partial charge on any atom is 0.0224 e. The van der Waals surface area contributed by atoms with Crippen molar-refractivity contribution in [2.24, 2.45) is 17.8 Å². The highest BCUT2D eigenvalue weighted by atomic mass is 35.5. The third-order valence-corrected chi connectivity index (χ3v) is 5.79. The second-order valence-electron chi connectivity index (χ2n) is 6.56. The first kappa shape index (κ1) is 12.3. The van der Waals surface area contributed by atoms with Crippen LogP contribution in [0.3, 0.4) is 0 Å². The van der Waals surface area contributed by atoms with Crippen LogP contribution < -0.4 is 0 Å². The summed E-state index contributed by atoms with van der Waals surface area (Å²) in [5.74, 6) is 4.09. The number of alkyl halides is 1. The van der Waals surface area contributed by atoms with E-state index in [0.717, 1.165) is 29.7 Å². The third-order valence-electron chi connectivity index (χ3n) is 5.52. The second kappa shape index (κ2) is 5.48. The van der Waals surface area contributed by atoms with Crippen LogP contribution in [0.5, 0.6) is 0 Å². The minimum Gasteiger partial charge on any atom is -0.300 e. The zero-order valence-electron chi connectivity index (χ0n) is 10.9. The lowest BCUT2D eigenvalue weighted by Gasteiger charge is -2.31. The van der Waals surface area contributed by atoms with Gasteiger partial charge in [-0.3, -0.25) is 0 Å². The van der Waals surface area contributed by atoms with Crippen LogP contribution in [0, 0.1) is 17.8 Å². The van der Waals surface area contributed by atoms with E-state index in [2.05, 4.69) is 4.90 Å². The van der Waals surface area contributed by atoms with Crippen LogP contribution in [0.25, 0.3) is 0 Å². The van der Waals surface area contributed by atoms with Crippen molar-refractivity contribution in [1.29, 1.82) is 0 Å². The highest BCUT2D eigenvalue weighted by Crippen LogP contribution is 2.48. The molecule has 3 fully saturated rings. The summed E-state index contributed by atoms with van der Waals surface area (Å²) in [5, 5.41) is 0. The first-order valence-electron chi connectivity index (χ1n) is 7.67. The summed E-state index contributed by atoms with van der Waals surface area (Å²) < 4.78 is 0. The molecular formula is C15H26ClN. The Kier molecular flexibility index (Phi) is 3.97. The molecule has 17 heavy (non-hydrogen) atoms. The topological polar surface area (TPSA) is 3.24 Å². The number of likely N-dealkylation sites (tertiary alicyclic amines) is 1. The summed E-state index contributed by atoms with van der Waals surface area (Å²) in [7, 11) is 0. The maximum absolute atomic E-state index is 5.83. The zero-order valence-corrected chi connectivity index (χ0v) is 11.7. The Morgan fingerprint density at radius 3 is 2.76 bits per heavy atom. The lowest BCUT2D eigenvalue weighted by atomic mass is 9.88. The van der Waals surface area contributed by atoms with E-state index in [0.29, 0.717) is 0 Å². The molecule has 1 aliphatic heterocycles. The van der Waals surface area contributed by atoms with Gasteiger partial charge in [-0.05, 0) is 69.2 Å². The quantitative estimate of drug-likeness (QED) is 0.674. The molecule has 1 nitrogen and oxygen atoms in total. The summed E-state index contributed by atoms with van der Waals surface area (Å²) in [4.78, 5) is 2.80. The van der Waals surface area contributed by atoms with Crippen LogP contribution in [0.1, 0.15) is 51.4 Å². The molecule has 2 heteroatoms. The Labute approximate surface area is 111 Å². The monoisotopic (exact) mass is 255 g/mol. The van der Waals surface area contributed by atoms with Gasteiger partial charge in [0.15, 0.2) is 0 Å². The largest absolute Gasteiger partial charge is 0.300 e. The molecular weight excluding hydrogens is 230 g/mol. The molecule has 0 radical (unpaired) electrons. The Bertz CT molecular complexity index is 255. The van der Waals surface area contributed by atoms with Crippen molar-refractivity contribution in [2.45, 2.75) is 57.4 Å². The van der Waals surface area contributed by atoms with Crippen molar-refractivity contribution < 1.29 is 0 Å². The van der Waals surface area contributed by atoms with Gasteiger partial charge in [0, 0.05) is 18.5 Å². The fourth-order valence-electron chi connectivity index (χ4n) is 4.68. The van der Waals surface area contributed by atoms with Crippen LogP contribution in [-0.4, -0.2) is 29.9 Å². The molecule has 2 aliphatic carbocycles. The number of halogens is 1. The first-order valence-corrected chi connectivity index (χ1v) is 8.20. The highest BCUT2D eigenvalue weighted by Gasteiger charge is 2.41. The molecule has 0 aromatic carbocycles. The van der Waals surface area contributed by atoms with E-state index in [-0.39, 0.29) is 0 Å². The smallest absolute Gasteiger partial charge is 0.0224 e. The van der Waals surface area contributed by atoms with E-state index >= 15 is 0 Å². The number of hydrogen-bond donors (Lipinski definition) is 0. The fraction of sp³-hybridized carbons (Fsp3) is 1.00. The van der Waals surface area contributed by atoms with E-state index in [1.165, 1.54) is 51.6 Å². The Morgan fingerprint density at radius 2 is 2.06 bits per heavy atom. The third kappa shape index (κ3) is 2.66. The normalized spacial score (nSPS) is 41.5. The molecule has 3 rings (SSSR count). The van der Waals surface area contributed by atoms with E-state index in [9.17, 15) is 0 Å². The predicted octanol–water partition coefficient (Wildman–Crippen LogP) is 3.91. The van der Waals surface area contributed by atoms with E-state index in [1.54, 1.807) is 12.8 Å². The molecule has 4 unspecified atom stereocenters. The number of hydrogen-bond acceptors (Lipinski definition) is 1. The summed E-state index contributed by atoms with van der Waals surface area (Å²) >= 11 is 5.83. The lowest BCUT2D eigenvalue weighted by Crippen LogP contribution is -2.35. The summed E-state index contributed by atoms with van der Waals surface area (Å²) in [6, 6.07) is 0.868. The minimum atomic E-state index is 0.846. The van der Waals surface area contributed by atoms with Gasteiger partial charge in [-0.2, -0.15) is 0 Å². The van der Waals surface area contributed by atoms with Crippen molar-refractivity contribution in [2.75, 3.05) is 19.0 Å². The molecule has 98 valence electrons. The van der Waals surface area contributed by atoms with Gasteiger partial charge in [-0.25, -0.2) is 0 Å². The van der Waals surface area contributed by atoms with Crippen LogP contribution in [0.2, 0.25) is 0 Å². The van der Waals surface area contributed by atoms with Gasteiger partial charge in [-0.1, -0.05) is 6.42 Å². The Hall–Kier alpha value is 0.250. The fourth-order valence-corrected chi connectivity index (χ4v) is 4.83. The molecule has 2 saturated carbocycles. The summed E-state index contributed by atoms with van der Waals surface area (Å²) in [6.45, 7) is 2.77. The molecule has 0 aromatic heterocycles. The maximum atomic E-state index is 5.83. The average molecular weight is 256 g/mol. The van der Waals surface area contributed by atoms with E-state index in [1.807, 2.05) is 0 Å². The Balaban J connectivity index is 1.50. The molecule has 0 spiro atoms. The SMILES string of the molecule is ClCCCC1CCCN1CC1CC2CCC1C2. The van der Waals surface area contributed by atoms with Gasteiger partial charge in [-0.15, -0.1) is 11.6 Å². The van der Waals surface area contributed by atoms with Crippen LogP contribution in [0.4, 0.5) is 0 Å². The molecule has 4 atom stereocenters. The van der Waals surface area contributed by atoms with Crippen molar-refractivity contribution in [3.8, 4) is 0 Å². The van der Waals surface area contributed by atoms with Gasteiger partial charge >= 0.3 is 0 Å².